The van der Waals surface area contributed by atoms with Gasteiger partial charge in [-0.3, -0.25) is 9.71 Å². The summed E-state index contributed by atoms with van der Waals surface area (Å²) in [4.78, 5) is 7.53. The molecule has 0 saturated heterocycles. The number of halogens is 2. The molecule has 2 aromatic rings. The topological polar surface area (TPSA) is 72.0 Å². The van der Waals surface area contributed by atoms with Crippen molar-refractivity contribution >= 4 is 54.6 Å². The summed E-state index contributed by atoms with van der Waals surface area (Å²) in [6, 6.07) is 1.55. The molecule has 0 atom stereocenters. The third-order valence-electron chi connectivity index (χ3n) is 1.74. The van der Waals surface area contributed by atoms with Gasteiger partial charge in [-0.05, 0) is 22.0 Å². The zero-order chi connectivity index (χ0) is 12.5. The molecular formula is C8H5BrClN3O2S2. The quantitative estimate of drug-likeness (QED) is 0.920. The summed E-state index contributed by atoms with van der Waals surface area (Å²) in [5, 5.41) is 0. The van der Waals surface area contributed by atoms with Crippen molar-refractivity contribution < 1.29 is 8.42 Å². The van der Waals surface area contributed by atoms with E-state index in [2.05, 4.69) is 30.6 Å². The van der Waals surface area contributed by atoms with Crippen LogP contribution in [0.4, 0.5) is 5.69 Å². The molecule has 0 fully saturated rings. The number of nitrogens with zero attached hydrogens (tertiary/aromatic N) is 2. The van der Waals surface area contributed by atoms with Gasteiger partial charge in [0.1, 0.15) is 0 Å². The van der Waals surface area contributed by atoms with Crippen LogP contribution in [0.15, 0.2) is 33.3 Å². The molecule has 0 aliphatic heterocycles. The Bertz CT molecular complexity index is 644. The van der Waals surface area contributed by atoms with E-state index in [9.17, 15) is 8.42 Å². The first kappa shape index (κ1) is 12.7. The maximum Gasteiger partial charge on any atom is 0.273 e. The molecule has 0 unspecified atom stereocenters. The van der Waals surface area contributed by atoms with Crippen molar-refractivity contribution in [3.63, 3.8) is 0 Å². The zero-order valence-corrected chi connectivity index (χ0v) is 12.1. The Balaban J connectivity index is 2.33. The van der Waals surface area contributed by atoms with Gasteiger partial charge in [-0.25, -0.2) is 13.4 Å². The van der Waals surface area contributed by atoms with Gasteiger partial charge < -0.3 is 0 Å². The Morgan fingerprint density at radius 1 is 1.41 bits per heavy atom. The highest BCUT2D eigenvalue weighted by Crippen LogP contribution is 2.27. The van der Waals surface area contributed by atoms with E-state index < -0.39 is 10.0 Å². The lowest BCUT2D eigenvalue weighted by Crippen LogP contribution is -2.11. The molecule has 0 radical (unpaired) electrons. The standard InChI is InChI=1S/C8H5BrClN3O2S2/c9-5-3-11-2-1-6(5)13-17(14,15)7-4-12-8(10)16-7/h1-4H,(H,11,13). The van der Waals surface area contributed by atoms with Crippen LogP contribution < -0.4 is 4.72 Å². The molecule has 0 aliphatic carbocycles. The average molecular weight is 355 g/mol. The summed E-state index contributed by atoms with van der Waals surface area (Å²) in [5.74, 6) is 0. The number of sulfonamides is 1. The van der Waals surface area contributed by atoms with Crippen LogP contribution in [0.2, 0.25) is 4.47 Å². The summed E-state index contributed by atoms with van der Waals surface area (Å²) in [7, 11) is -3.65. The first-order valence-corrected chi connectivity index (χ1v) is 7.70. The molecule has 0 aliphatic rings. The van der Waals surface area contributed by atoms with Crippen LogP contribution >= 0.6 is 38.9 Å². The predicted octanol–water partition coefficient (Wildman–Crippen LogP) is 2.75. The Labute approximate surface area is 115 Å². The zero-order valence-electron chi connectivity index (χ0n) is 8.09. The van der Waals surface area contributed by atoms with E-state index in [1.54, 1.807) is 6.07 Å². The molecule has 2 heterocycles. The third kappa shape index (κ3) is 2.95. The normalized spacial score (nSPS) is 11.4. The molecule has 5 nitrogen and oxygen atoms in total. The van der Waals surface area contributed by atoms with Crippen molar-refractivity contribution in [2.75, 3.05) is 4.72 Å². The highest BCUT2D eigenvalue weighted by molar-refractivity contribution is 9.10. The minimum absolute atomic E-state index is 0.0613. The van der Waals surface area contributed by atoms with Crippen LogP contribution in [0.1, 0.15) is 0 Å². The SMILES string of the molecule is O=S(=O)(Nc1ccncc1Br)c1cnc(Cl)s1. The monoisotopic (exact) mass is 353 g/mol. The van der Waals surface area contributed by atoms with Crippen LogP contribution in [0, 0.1) is 0 Å². The van der Waals surface area contributed by atoms with E-state index in [4.69, 9.17) is 11.6 Å². The maximum absolute atomic E-state index is 11.9. The Hall–Kier alpha value is -0.700. The fourth-order valence-electron chi connectivity index (χ4n) is 1.02. The van der Waals surface area contributed by atoms with E-state index >= 15 is 0 Å². The van der Waals surface area contributed by atoms with E-state index in [1.807, 2.05) is 0 Å². The second-order valence-electron chi connectivity index (χ2n) is 2.89. The van der Waals surface area contributed by atoms with Gasteiger partial charge >= 0.3 is 0 Å². The fourth-order valence-corrected chi connectivity index (χ4v) is 3.87. The summed E-state index contributed by atoms with van der Waals surface area (Å²) in [6.07, 6.45) is 4.20. The fraction of sp³-hybridized carbons (Fsp3) is 0. The van der Waals surface area contributed by atoms with Gasteiger partial charge in [-0.15, -0.1) is 0 Å². The molecule has 0 amide bonds. The van der Waals surface area contributed by atoms with Crippen molar-refractivity contribution in [2.24, 2.45) is 0 Å². The van der Waals surface area contributed by atoms with Crippen LogP contribution in [0.3, 0.4) is 0 Å². The van der Waals surface area contributed by atoms with Crippen LogP contribution in [0.5, 0.6) is 0 Å². The number of rotatable bonds is 3. The Morgan fingerprint density at radius 2 is 2.18 bits per heavy atom. The minimum atomic E-state index is -3.65. The average Bonchev–Trinajstić information content (AvgIpc) is 2.69. The highest BCUT2D eigenvalue weighted by Gasteiger charge is 2.18. The van der Waals surface area contributed by atoms with Gasteiger partial charge in [-0.1, -0.05) is 22.9 Å². The van der Waals surface area contributed by atoms with Crippen molar-refractivity contribution in [3.05, 3.63) is 33.6 Å². The molecule has 2 rings (SSSR count). The third-order valence-corrected chi connectivity index (χ3v) is 5.31. The minimum Gasteiger partial charge on any atom is -0.278 e. The molecule has 0 bridgehead atoms. The van der Waals surface area contributed by atoms with Gasteiger partial charge in [0.25, 0.3) is 10.0 Å². The summed E-state index contributed by atoms with van der Waals surface area (Å²) < 4.78 is 27.1. The van der Waals surface area contributed by atoms with Crippen molar-refractivity contribution in [1.82, 2.24) is 9.97 Å². The number of hydrogen-bond donors (Lipinski definition) is 1. The molecular weight excluding hydrogens is 350 g/mol. The van der Waals surface area contributed by atoms with E-state index in [-0.39, 0.29) is 8.68 Å². The second-order valence-corrected chi connectivity index (χ2v) is 7.27. The van der Waals surface area contributed by atoms with Gasteiger partial charge in [-0.2, -0.15) is 0 Å². The summed E-state index contributed by atoms with van der Waals surface area (Å²) >= 11 is 9.69. The lowest BCUT2D eigenvalue weighted by atomic mass is 10.4. The number of hydrogen-bond acceptors (Lipinski definition) is 5. The molecule has 9 heteroatoms. The largest absolute Gasteiger partial charge is 0.278 e. The molecule has 1 N–H and O–H groups in total. The predicted molar refractivity (Wildman–Crippen MR) is 69.9 cm³/mol. The molecule has 90 valence electrons. The summed E-state index contributed by atoms with van der Waals surface area (Å²) in [5.41, 5.74) is 0.407. The molecule has 0 aromatic carbocycles. The van der Waals surface area contributed by atoms with E-state index in [0.717, 1.165) is 11.3 Å². The first-order chi connectivity index (χ1) is 7.99. The lowest BCUT2D eigenvalue weighted by Gasteiger charge is -2.06. The van der Waals surface area contributed by atoms with Crippen LogP contribution in [-0.2, 0) is 10.0 Å². The van der Waals surface area contributed by atoms with Crippen molar-refractivity contribution in [1.29, 1.82) is 0 Å². The van der Waals surface area contributed by atoms with Crippen LogP contribution in [0.25, 0.3) is 0 Å². The molecule has 0 saturated carbocycles. The first-order valence-electron chi connectivity index (χ1n) is 4.23. The number of nitrogens with one attached hydrogen (secondary N) is 1. The molecule has 2 aromatic heterocycles. The van der Waals surface area contributed by atoms with E-state index in [0.29, 0.717) is 10.2 Å². The maximum atomic E-state index is 11.9. The van der Waals surface area contributed by atoms with Gasteiger partial charge in [0, 0.05) is 12.4 Å². The lowest BCUT2D eigenvalue weighted by molar-refractivity contribution is 0.603. The van der Waals surface area contributed by atoms with Gasteiger partial charge in [0.15, 0.2) is 8.68 Å². The van der Waals surface area contributed by atoms with E-state index in [1.165, 1.54) is 18.6 Å². The summed E-state index contributed by atoms with van der Waals surface area (Å²) in [6.45, 7) is 0. The highest BCUT2D eigenvalue weighted by atomic mass is 79.9. The van der Waals surface area contributed by atoms with Crippen LogP contribution in [-0.4, -0.2) is 18.4 Å². The van der Waals surface area contributed by atoms with Gasteiger partial charge in [0.05, 0.1) is 16.4 Å². The second kappa shape index (κ2) is 4.89. The molecule has 17 heavy (non-hydrogen) atoms. The Kier molecular flexibility index (Phi) is 3.67. The number of thiazole rings is 1. The van der Waals surface area contributed by atoms with Crippen molar-refractivity contribution in [2.45, 2.75) is 4.21 Å². The smallest absolute Gasteiger partial charge is 0.273 e. The number of aromatic nitrogens is 2. The number of anilines is 1. The Morgan fingerprint density at radius 3 is 2.76 bits per heavy atom. The molecule has 0 spiro atoms. The van der Waals surface area contributed by atoms with Gasteiger partial charge in [0.2, 0.25) is 0 Å². The number of pyridine rings is 1. The van der Waals surface area contributed by atoms with Crippen molar-refractivity contribution in [3.8, 4) is 0 Å².